The van der Waals surface area contributed by atoms with Crippen LogP contribution in [0.4, 0.5) is 0 Å². The summed E-state index contributed by atoms with van der Waals surface area (Å²) in [6, 6.07) is 0. The van der Waals surface area contributed by atoms with Gasteiger partial charge in [-0.15, -0.1) is 24.0 Å². The maximum Gasteiger partial charge on any atom is 0.191 e. The van der Waals surface area contributed by atoms with E-state index in [1.54, 1.807) is 13.8 Å². The molecule has 0 bridgehead atoms. The topological polar surface area (TPSA) is 70.6 Å². The lowest BCUT2D eigenvalue weighted by Gasteiger charge is -2.21. The molecule has 0 saturated carbocycles. The Morgan fingerprint density at radius 1 is 1.38 bits per heavy atom. The average Bonchev–Trinajstić information content (AvgIpc) is 2.84. The molecule has 1 saturated heterocycles. The number of thioether (sulfide) groups is 1. The molecule has 0 aromatic heterocycles. The fourth-order valence-corrected chi connectivity index (χ4v) is 3.24. The van der Waals surface area contributed by atoms with E-state index in [1.165, 1.54) is 24.9 Å². The molecule has 1 unspecified atom stereocenters. The maximum absolute atomic E-state index is 11.7. The Morgan fingerprint density at radius 2 is 2.05 bits per heavy atom. The molecule has 1 aliphatic heterocycles. The van der Waals surface area contributed by atoms with Crippen molar-refractivity contribution < 1.29 is 8.42 Å². The van der Waals surface area contributed by atoms with E-state index < -0.39 is 14.6 Å². The second-order valence-corrected chi connectivity index (χ2v) is 9.80. The fraction of sp³-hybridized carbons (Fsp3) is 0.923. The number of aliphatic imine (C=N–C) groups is 1. The van der Waals surface area contributed by atoms with Gasteiger partial charge in [0.2, 0.25) is 0 Å². The molecule has 8 heteroatoms. The van der Waals surface area contributed by atoms with E-state index in [-0.39, 0.29) is 30.5 Å². The molecule has 0 spiro atoms. The van der Waals surface area contributed by atoms with Gasteiger partial charge in [0.1, 0.15) is 0 Å². The Kier molecular flexibility index (Phi) is 9.58. The number of nitrogens with zero attached hydrogens (tertiary/aromatic N) is 1. The second kappa shape index (κ2) is 9.44. The lowest BCUT2D eigenvalue weighted by Crippen LogP contribution is -2.42. The zero-order valence-electron chi connectivity index (χ0n) is 13.3. The predicted molar refractivity (Wildman–Crippen MR) is 104 cm³/mol. The van der Waals surface area contributed by atoms with Crippen LogP contribution in [0.1, 0.15) is 33.6 Å². The van der Waals surface area contributed by atoms with Crippen molar-refractivity contribution in [1.29, 1.82) is 0 Å². The Bertz CT molecular complexity index is 433. The summed E-state index contributed by atoms with van der Waals surface area (Å²) in [6.45, 7) is 7.34. The second-order valence-electron chi connectivity index (χ2n) is 5.74. The van der Waals surface area contributed by atoms with E-state index in [9.17, 15) is 8.42 Å². The third-order valence-electron chi connectivity index (χ3n) is 3.49. The number of halogens is 1. The molecule has 1 fully saturated rings. The molecule has 0 aliphatic carbocycles. The first kappa shape index (κ1) is 21.3. The van der Waals surface area contributed by atoms with Crippen molar-refractivity contribution in [2.75, 3.05) is 31.6 Å². The third kappa shape index (κ3) is 7.40. The molecule has 5 nitrogen and oxygen atoms in total. The van der Waals surface area contributed by atoms with Crippen molar-refractivity contribution >= 4 is 51.5 Å². The summed E-state index contributed by atoms with van der Waals surface area (Å²) in [5, 5.41) is 7.12. The van der Waals surface area contributed by atoms with Gasteiger partial charge in [-0.25, -0.2) is 8.42 Å². The van der Waals surface area contributed by atoms with Gasteiger partial charge < -0.3 is 10.6 Å². The minimum Gasteiger partial charge on any atom is -0.357 e. The highest BCUT2D eigenvalue weighted by atomic mass is 127. The van der Waals surface area contributed by atoms with Gasteiger partial charge >= 0.3 is 0 Å². The minimum absolute atomic E-state index is 0. The smallest absolute Gasteiger partial charge is 0.191 e. The maximum atomic E-state index is 11.7. The van der Waals surface area contributed by atoms with Crippen LogP contribution in [0.2, 0.25) is 0 Å². The molecule has 1 rings (SSSR count). The van der Waals surface area contributed by atoms with Crippen LogP contribution in [0.25, 0.3) is 0 Å². The number of nitrogens with one attached hydrogen (secondary N) is 2. The summed E-state index contributed by atoms with van der Waals surface area (Å²) in [7, 11) is -3.11. The normalized spacial score (nSPS) is 20.0. The summed E-state index contributed by atoms with van der Waals surface area (Å²) in [5.41, 5.74) is 0. The number of hydrogen-bond acceptors (Lipinski definition) is 4. The highest BCUT2D eigenvalue weighted by molar-refractivity contribution is 14.0. The lowest BCUT2D eigenvalue weighted by molar-refractivity contribution is 0.554. The van der Waals surface area contributed by atoms with Crippen LogP contribution in [-0.2, 0) is 9.84 Å². The van der Waals surface area contributed by atoms with E-state index in [4.69, 9.17) is 0 Å². The van der Waals surface area contributed by atoms with Gasteiger partial charge in [-0.1, -0.05) is 0 Å². The monoisotopic (exact) mass is 449 g/mol. The molecule has 1 heterocycles. The number of rotatable bonds is 6. The van der Waals surface area contributed by atoms with E-state index in [0.29, 0.717) is 11.2 Å². The van der Waals surface area contributed by atoms with Gasteiger partial charge in [0.25, 0.3) is 0 Å². The molecule has 1 aliphatic rings. The molecule has 21 heavy (non-hydrogen) atoms. The summed E-state index contributed by atoms with van der Waals surface area (Å²) in [5.74, 6) is 1.94. The van der Waals surface area contributed by atoms with Crippen LogP contribution in [0, 0.1) is 0 Å². The molecule has 0 aromatic carbocycles. The predicted octanol–water partition coefficient (Wildman–Crippen LogP) is 1.88. The third-order valence-corrected chi connectivity index (χ3v) is 7.02. The van der Waals surface area contributed by atoms with E-state index in [1.807, 2.05) is 18.7 Å². The Labute approximate surface area is 150 Å². The summed E-state index contributed by atoms with van der Waals surface area (Å²) < 4.78 is 22.5. The van der Waals surface area contributed by atoms with Crippen LogP contribution in [-0.4, -0.2) is 56.0 Å². The minimum atomic E-state index is -3.11. The lowest BCUT2D eigenvalue weighted by atomic mass is 10.2. The highest BCUT2D eigenvalue weighted by Crippen LogP contribution is 2.25. The molecule has 0 amide bonds. The van der Waals surface area contributed by atoms with Crippen molar-refractivity contribution in [3.8, 4) is 0 Å². The van der Waals surface area contributed by atoms with Crippen molar-refractivity contribution in [2.24, 2.45) is 4.99 Å². The van der Waals surface area contributed by atoms with Gasteiger partial charge in [0.05, 0.1) is 11.3 Å². The van der Waals surface area contributed by atoms with Crippen molar-refractivity contribution in [3.05, 3.63) is 0 Å². The van der Waals surface area contributed by atoms with Crippen LogP contribution in [0.15, 0.2) is 4.99 Å². The number of guanidine groups is 1. The first-order valence-corrected chi connectivity index (χ1v) is 10.0. The first-order chi connectivity index (χ1) is 9.26. The van der Waals surface area contributed by atoms with Crippen molar-refractivity contribution in [3.63, 3.8) is 0 Å². The molecule has 2 N–H and O–H groups in total. The highest BCUT2D eigenvalue weighted by Gasteiger charge is 2.30. The molecular formula is C13H28IN3O2S2. The van der Waals surface area contributed by atoms with Crippen molar-refractivity contribution in [1.82, 2.24) is 10.6 Å². The van der Waals surface area contributed by atoms with E-state index >= 15 is 0 Å². The van der Waals surface area contributed by atoms with Gasteiger partial charge in [-0.05, 0) is 39.4 Å². The first-order valence-electron chi connectivity index (χ1n) is 7.09. The largest absolute Gasteiger partial charge is 0.357 e. The SMILES string of the molecule is CCNC(=NCC(C)(C)S(C)(=O)=O)NCC1CCCS1.I. The van der Waals surface area contributed by atoms with Gasteiger partial charge in [-0.3, -0.25) is 4.99 Å². The van der Waals surface area contributed by atoms with E-state index in [0.717, 1.165) is 13.1 Å². The number of sulfone groups is 1. The zero-order chi connectivity index (χ0) is 15.2. The standard InChI is InChI=1S/C13H27N3O2S2.HI/c1-5-14-12(15-9-11-7-6-8-19-11)16-10-13(2,3)20(4,17)18;/h11H,5-10H2,1-4H3,(H2,14,15,16);1H. The Morgan fingerprint density at radius 3 is 2.52 bits per heavy atom. The molecule has 0 radical (unpaired) electrons. The Balaban J connectivity index is 0.00000400. The average molecular weight is 449 g/mol. The van der Waals surface area contributed by atoms with Crippen molar-refractivity contribution in [2.45, 2.75) is 43.6 Å². The van der Waals surface area contributed by atoms with Crippen LogP contribution < -0.4 is 10.6 Å². The van der Waals surface area contributed by atoms with Crippen LogP contribution in [0.3, 0.4) is 0 Å². The van der Waals surface area contributed by atoms with Gasteiger partial charge in [0.15, 0.2) is 15.8 Å². The number of hydrogen-bond donors (Lipinski definition) is 2. The molecule has 1 atom stereocenters. The summed E-state index contributed by atoms with van der Waals surface area (Å²) in [6.07, 6.45) is 3.79. The Hall–Kier alpha value is 0.300. The molecule has 126 valence electrons. The summed E-state index contributed by atoms with van der Waals surface area (Å²) >= 11 is 1.99. The quantitative estimate of drug-likeness (QED) is 0.368. The molecule has 0 aromatic rings. The summed E-state index contributed by atoms with van der Waals surface area (Å²) in [4.78, 5) is 4.42. The van der Waals surface area contributed by atoms with E-state index in [2.05, 4.69) is 15.6 Å². The zero-order valence-corrected chi connectivity index (χ0v) is 17.3. The van der Waals surface area contributed by atoms with Gasteiger partial charge in [0, 0.05) is 24.6 Å². The molecular weight excluding hydrogens is 421 g/mol. The van der Waals surface area contributed by atoms with Gasteiger partial charge in [-0.2, -0.15) is 11.8 Å². The fourth-order valence-electron chi connectivity index (χ4n) is 1.74. The van der Waals surface area contributed by atoms with Crippen LogP contribution in [0.5, 0.6) is 0 Å². The van der Waals surface area contributed by atoms with Crippen LogP contribution >= 0.6 is 35.7 Å².